The lowest BCUT2D eigenvalue weighted by atomic mass is 10.0. The molecule has 0 bridgehead atoms. The van der Waals surface area contributed by atoms with Crippen LogP contribution in [0, 0.1) is 5.92 Å². The van der Waals surface area contributed by atoms with Crippen LogP contribution in [-0.4, -0.2) is 220 Å². The molecule has 20 nitrogen and oxygen atoms in total. The van der Waals surface area contributed by atoms with Gasteiger partial charge in [0.2, 0.25) is 17.7 Å². The molecule has 2 atom stereocenters. The molecule has 1 heterocycles. The van der Waals surface area contributed by atoms with Crippen molar-refractivity contribution in [3.63, 3.8) is 0 Å². The molecule has 58 heavy (non-hydrogen) atoms. The van der Waals surface area contributed by atoms with E-state index in [1.165, 1.54) is 0 Å². The maximum Gasteiger partial charge on any atom is 0.240 e. The van der Waals surface area contributed by atoms with Crippen molar-refractivity contribution in [3.05, 3.63) is 0 Å². The molecule has 0 spiro atoms. The van der Waals surface area contributed by atoms with Gasteiger partial charge in [0.25, 0.3) is 0 Å². The van der Waals surface area contributed by atoms with Crippen LogP contribution in [0.25, 0.3) is 0 Å². The van der Waals surface area contributed by atoms with Crippen molar-refractivity contribution < 1.29 is 76.0 Å². The number of rotatable bonds is 7. The predicted octanol–water partition coefficient (Wildman–Crippen LogP) is -1.22. The largest absolute Gasteiger partial charge is 0.377 e. The van der Waals surface area contributed by atoms with E-state index in [0.29, 0.717) is 159 Å². The van der Waals surface area contributed by atoms with E-state index >= 15 is 0 Å². The molecule has 1 saturated heterocycles. The third-order valence-electron chi connectivity index (χ3n) is 8.08. The van der Waals surface area contributed by atoms with E-state index in [2.05, 4.69) is 5.32 Å². The lowest BCUT2D eigenvalue weighted by Crippen LogP contribution is -2.49. The van der Waals surface area contributed by atoms with Crippen molar-refractivity contribution in [3.8, 4) is 0 Å². The SMILES string of the molecule is CC(C)[C@H](NC(=O)CC[C@H](N)C(=O)N1CCOCCOCCOCCOCCOCCOCCOCCOCCOCCOCCOCCOCCOCC1)C(N)=O. The van der Waals surface area contributed by atoms with E-state index in [4.69, 9.17) is 73.0 Å². The second kappa shape index (κ2) is 40.3. The van der Waals surface area contributed by atoms with Crippen molar-refractivity contribution >= 4 is 17.7 Å². The van der Waals surface area contributed by atoms with Crippen LogP contribution in [0.1, 0.15) is 26.7 Å². The van der Waals surface area contributed by atoms with E-state index in [9.17, 15) is 14.4 Å². The first kappa shape index (κ1) is 53.9. The summed E-state index contributed by atoms with van der Waals surface area (Å²) in [6, 6.07) is -1.75. The number of carbonyl (C=O) groups is 3. The Kier molecular flexibility index (Phi) is 37.4. The van der Waals surface area contributed by atoms with Gasteiger partial charge in [0.15, 0.2) is 0 Å². The van der Waals surface area contributed by atoms with Gasteiger partial charge in [-0.2, -0.15) is 0 Å². The minimum Gasteiger partial charge on any atom is -0.377 e. The summed E-state index contributed by atoms with van der Waals surface area (Å²) in [5.74, 6) is -1.55. The molecule has 0 saturated carbocycles. The second-order valence-corrected chi connectivity index (χ2v) is 13.1. The Morgan fingerprint density at radius 3 is 0.931 bits per heavy atom. The van der Waals surface area contributed by atoms with Gasteiger partial charge in [-0.05, 0) is 12.3 Å². The van der Waals surface area contributed by atoms with Gasteiger partial charge in [-0.15, -0.1) is 0 Å². The van der Waals surface area contributed by atoms with Gasteiger partial charge < -0.3 is 83.3 Å². The first-order valence-electron chi connectivity index (χ1n) is 20.5. The quantitative estimate of drug-likeness (QED) is 0.272. The van der Waals surface area contributed by atoms with Crippen LogP contribution < -0.4 is 16.8 Å². The molecular weight excluding hydrogens is 768 g/mol. The van der Waals surface area contributed by atoms with E-state index < -0.39 is 23.9 Å². The van der Waals surface area contributed by atoms with E-state index in [1.807, 2.05) is 0 Å². The Balaban J connectivity index is 2.44. The third-order valence-corrected chi connectivity index (χ3v) is 8.08. The van der Waals surface area contributed by atoms with E-state index in [0.717, 1.165) is 0 Å². The molecule has 5 N–H and O–H groups in total. The van der Waals surface area contributed by atoms with Crippen molar-refractivity contribution in [1.29, 1.82) is 0 Å². The minimum absolute atomic E-state index is 0.0419. The van der Waals surface area contributed by atoms with Crippen LogP contribution in [0.15, 0.2) is 0 Å². The molecule has 0 aliphatic carbocycles. The van der Waals surface area contributed by atoms with Gasteiger partial charge in [0.1, 0.15) is 6.04 Å². The number of nitrogens with zero attached hydrogens (tertiary/aromatic N) is 1. The van der Waals surface area contributed by atoms with Crippen LogP contribution in [0.3, 0.4) is 0 Å². The Morgan fingerprint density at radius 1 is 0.466 bits per heavy atom. The highest BCUT2D eigenvalue weighted by molar-refractivity contribution is 5.87. The summed E-state index contributed by atoms with van der Waals surface area (Å²) in [5.41, 5.74) is 11.6. The van der Waals surface area contributed by atoms with Crippen molar-refractivity contribution in [2.24, 2.45) is 17.4 Å². The first-order chi connectivity index (χ1) is 28.3. The summed E-state index contributed by atoms with van der Waals surface area (Å²) in [7, 11) is 0. The second-order valence-electron chi connectivity index (χ2n) is 13.1. The maximum absolute atomic E-state index is 13.3. The van der Waals surface area contributed by atoms with Crippen LogP contribution in [0.5, 0.6) is 0 Å². The molecule has 0 unspecified atom stereocenters. The maximum atomic E-state index is 13.3. The fourth-order valence-corrected chi connectivity index (χ4v) is 4.88. The highest BCUT2D eigenvalue weighted by Crippen LogP contribution is 2.05. The lowest BCUT2D eigenvalue weighted by molar-refractivity contribution is -0.135. The number of ether oxygens (including phenoxy) is 13. The third kappa shape index (κ3) is 33.7. The van der Waals surface area contributed by atoms with Gasteiger partial charge >= 0.3 is 0 Å². The molecule has 0 aromatic rings. The Hall–Kier alpha value is -2.15. The van der Waals surface area contributed by atoms with Crippen molar-refractivity contribution in [2.45, 2.75) is 38.8 Å². The lowest BCUT2D eigenvalue weighted by Gasteiger charge is -2.26. The van der Waals surface area contributed by atoms with Crippen LogP contribution in [-0.2, 0) is 76.0 Å². The predicted molar refractivity (Wildman–Crippen MR) is 210 cm³/mol. The molecule has 1 aliphatic rings. The topological polar surface area (TPSA) is 239 Å². The van der Waals surface area contributed by atoms with Crippen molar-refractivity contribution in [2.75, 3.05) is 185 Å². The van der Waals surface area contributed by atoms with Gasteiger partial charge in [-0.25, -0.2) is 0 Å². The zero-order valence-corrected chi connectivity index (χ0v) is 35.1. The normalized spacial score (nSPS) is 21.7. The summed E-state index contributed by atoms with van der Waals surface area (Å²) in [6.07, 6.45) is 0.0432. The fraction of sp³-hybridized carbons (Fsp3) is 0.921. The van der Waals surface area contributed by atoms with Crippen LogP contribution in [0.2, 0.25) is 0 Å². The summed E-state index contributed by atoms with van der Waals surface area (Å²) in [5, 5.41) is 2.62. The molecular formula is C38H74N4O16. The molecule has 3 amide bonds. The van der Waals surface area contributed by atoms with Gasteiger partial charge in [0.05, 0.1) is 178 Å². The smallest absolute Gasteiger partial charge is 0.240 e. The number of nitrogens with one attached hydrogen (secondary N) is 1. The number of carbonyl (C=O) groups excluding carboxylic acids is 3. The van der Waals surface area contributed by atoms with Crippen LogP contribution in [0.4, 0.5) is 0 Å². The van der Waals surface area contributed by atoms with Crippen molar-refractivity contribution in [1.82, 2.24) is 10.2 Å². The Labute approximate surface area is 344 Å². The van der Waals surface area contributed by atoms with Gasteiger partial charge in [-0.3, -0.25) is 14.4 Å². The average Bonchev–Trinajstić information content (AvgIpc) is 3.20. The Morgan fingerprint density at radius 2 is 0.707 bits per heavy atom. The molecule has 0 aromatic carbocycles. The summed E-state index contributed by atoms with van der Waals surface area (Å²) in [6.45, 7) is 15.0. The monoisotopic (exact) mass is 843 g/mol. The van der Waals surface area contributed by atoms with E-state index in [-0.39, 0.29) is 51.0 Å². The molecule has 0 radical (unpaired) electrons. The number of nitrogens with two attached hydrogens (primary N) is 2. The zero-order chi connectivity index (χ0) is 42.2. The standard InChI is InChI=1S/C38H74N4O16/c1-33(2)36(37(40)44)41-35(43)4-3-34(39)38(45)42-5-7-46-9-11-48-13-15-50-17-19-52-21-23-54-25-27-56-29-31-58-32-30-57-28-26-55-24-22-53-20-18-51-16-14-49-12-10-47-8-6-42/h33-34,36H,3-32,39H2,1-2H3,(H2,40,44)(H,41,43)/t34-,36-/m0/s1. The summed E-state index contributed by atoms with van der Waals surface area (Å²) in [4.78, 5) is 39.0. The fourth-order valence-electron chi connectivity index (χ4n) is 4.88. The number of hydrogen-bond acceptors (Lipinski definition) is 17. The van der Waals surface area contributed by atoms with Gasteiger partial charge in [0, 0.05) is 19.5 Å². The molecule has 1 fully saturated rings. The average molecular weight is 843 g/mol. The number of hydrogen-bond donors (Lipinski definition) is 3. The van der Waals surface area contributed by atoms with E-state index in [1.54, 1.807) is 18.7 Å². The molecule has 1 rings (SSSR count). The molecule has 1 aliphatic heterocycles. The molecule has 20 heteroatoms. The Bertz CT molecular complexity index is 931. The molecule has 342 valence electrons. The summed E-state index contributed by atoms with van der Waals surface area (Å²) >= 11 is 0. The minimum atomic E-state index is -0.944. The van der Waals surface area contributed by atoms with Crippen LogP contribution >= 0.6 is 0 Å². The van der Waals surface area contributed by atoms with Gasteiger partial charge in [-0.1, -0.05) is 13.8 Å². The zero-order valence-electron chi connectivity index (χ0n) is 35.1. The highest BCUT2D eigenvalue weighted by Gasteiger charge is 2.24. The number of primary amides is 1. The summed E-state index contributed by atoms with van der Waals surface area (Å²) < 4.78 is 72.1. The first-order valence-corrected chi connectivity index (χ1v) is 20.5. The number of amides is 3. The highest BCUT2D eigenvalue weighted by atomic mass is 16.6. The molecule has 0 aromatic heterocycles.